The predicted molar refractivity (Wildman–Crippen MR) is 112 cm³/mol. The molecule has 0 aliphatic heterocycles. The number of hydrogen-bond donors (Lipinski definition) is 1. The molecule has 0 bridgehead atoms. The summed E-state index contributed by atoms with van der Waals surface area (Å²) in [7, 11) is 0. The molecule has 0 aliphatic rings. The maximum Gasteiger partial charge on any atom is 0.247 e. The fraction of sp³-hybridized carbons (Fsp3) is 0.130. The topological polar surface area (TPSA) is 51.0 Å². The highest BCUT2D eigenvalue weighted by molar-refractivity contribution is 6.31. The Kier molecular flexibility index (Phi) is 5.77. The lowest BCUT2D eigenvalue weighted by molar-refractivity contribution is 0.493. The molecule has 0 spiro atoms. The van der Waals surface area contributed by atoms with Gasteiger partial charge in [-0.2, -0.15) is 0 Å². The fourth-order valence-electron chi connectivity index (χ4n) is 3.10. The molecule has 0 radical (unpaired) electrons. The van der Waals surface area contributed by atoms with E-state index >= 15 is 0 Å². The zero-order valence-electron chi connectivity index (χ0n) is 16.1. The summed E-state index contributed by atoms with van der Waals surface area (Å²) < 4.78 is 33.0. The van der Waals surface area contributed by atoms with Gasteiger partial charge in [-0.1, -0.05) is 42.8 Å². The molecule has 0 saturated heterocycles. The first kappa shape index (κ1) is 20.0. The van der Waals surface area contributed by atoms with E-state index < -0.39 is 17.7 Å². The highest BCUT2D eigenvalue weighted by atomic mass is 35.5. The van der Waals surface area contributed by atoms with Crippen LogP contribution in [0.15, 0.2) is 71.1 Å². The number of aryl methyl sites for hydroxylation is 1. The zero-order valence-corrected chi connectivity index (χ0v) is 16.8. The summed E-state index contributed by atoms with van der Waals surface area (Å²) in [5, 5.41) is 11.7. The first-order valence-corrected chi connectivity index (χ1v) is 9.81. The summed E-state index contributed by atoms with van der Waals surface area (Å²) in [6.45, 7) is 2.08. The summed E-state index contributed by atoms with van der Waals surface area (Å²) in [6.07, 6.45) is 0.925. The third kappa shape index (κ3) is 4.33. The van der Waals surface area contributed by atoms with Crippen LogP contribution in [0.4, 0.5) is 14.5 Å². The summed E-state index contributed by atoms with van der Waals surface area (Å²) in [4.78, 5) is 0. The van der Waals surface area contributed by atoms with E-state index in [1.807, 2.05) is 24.3 Å². The molecular formula is C23H18ClF2N3O. The minimum atomic E-state index is -0.625. The van der Waals surface area contributed by atoms with E-state index in [1.54, 1.807) is 18.2 Å². The van der Waals surface area contributed by atoms with E-state index in [4.69, 9.17) is 16.0 Å². The monoisotopic (exact) mass is 425 g/mol. The number of anilines is 1. The quantitative estimate of drug-likeness (QED) is 0.386. The number of nitrogens with zero attached hydrogens (tertiary/aromatic N) is 2. The maximum atomic E-state index is 13.6. The molecule has 7 heteroatoms. The van der Waals surface area contributed by atoms with Crippen LogP contribution in [0.1, 0.15) is 30.0 Å². The molecule has 1 heterocycles. The number of rotatable bonds is 6. The van der Waals surface area contributed by atoms with Crippen molar-refractivity contribution in [3.8, 4) is 11.5 Å². The number of nitrogens with one attached hydrogen (secondary N) is 1. The van der Waals surface area contributed by atoms with Gasteiger partial charge in [-0.05, 0) is 54.4 Å². The molecule has 0 fully saturated rings. The van der Waals surface area contributed by atoms with Crippen molar-refractivity contribution in [3.05, 3.63) is 100 Å². The normalized spacial score (nSPS) is 12.0. The van der Waals surface area contributed by atoms with E-state index in [-0.39, 0.29) is 16.8 Å². The second-order valence-corrected chi connectivity index (χ2v) is 7.16. The molecule has 4 nitrogen and oxygen atoms in total. The SMILES string of the molecule is CCc1ccc(N[C@H](c2nnc(-c3cccc(F)c3)o2)c2ccc(F)cc2Cl)cc1. The Morgan fingerprint density at radius 1 is 0.967 bits per heavy atom. The van der Waals surface area contributed by atoms with Crippen molar-refractivity contribution in [2.45, 2.75) is 19.4 Å². The average Bonchev–Trinajstić information content (AvgIpc) is 3.23. The zero-order chi connectivity index (χ0) is 21.1. The number of halogens is 3. The Labute approximate surface area is 177 Å². The smallest absolute Gasteiger partial charge is 0.247 e. The second kappa shape index (κ2) is 8.63. The van der Waals surface area contributed by atoms with Crippen LogP contribution >= 0.6 is 11.6 Å². The van der Waals surface area contributed by atoms with E-state index in [0.29, 0.717) is 11.1 Å². The van der Waals surface area contributed by atoms with E-state index in [2.05, 4.69) is 22.4 Å². The predicted octanol–water partition coefficient (Wildman–Crippen LogP) is 6.43. The van der Waals surface area contributed by atoms with E-state index in [1.165, 1.54) is 29.8 Å². The van der Waals surface area contributed by atoms with Crippen LogP contribution in [0.3, 0.4) is 0 Å². The summed E-state index contributed by atoms with van der Waals surface area (Å²) in [6, 6.07) is 17.3. The minimum Gasteiger partial charge on any atom is -0.418 e. The fourth-order valence-corrected chi connectivity index (χ4v) is 3.38. The average molecular weight is 426 g/mol. The molecule has 1 N–H and O–H groups in total. The first-order valence-electron chi connectivity index (χ1n) is 9.43. The van der Waals surface area contributed by atoms with Gasteiger partial charge in [-0.25, -0.2) is 8.78 Å². The van der Waals surface area contributed by atoms with Gasteiger partial charge in [0.25, 0.3) is 0 Å². The Balaban J connectivity index is 1.73. The highest BCUT2D eigenvalue weighted by Gasteiger charge is 2.24. The van der Waals surface area contributed by atoms with Gasteiger partial charge in [0.2, 0.25) is 11.8 Å². The van der Waals surface area contributed by atoms with Gasteiger partial charge in [0.05, 0.1) is 0 Å². The lowest BCUT2D eigenvalue weighted by Crippen LogP contribution is -2.13. The molecule has 4 aromatic rings. The van der Waals surface area contributed by atoms with Gasteiger partial charge in [-0.15, -0.1) is 10.2 Å². The van der Waals surface area contributed by atoms with Crippen LogP contribution in [0.25, 0.3) is 11.5 Å². The van der Waals surface area contributed by atoms with Crippen molar-refractivity contribution in [1.29, 1.82) is 0 Å². The van der Waals surface area contributed by atoms with Crippen LogP contribution in [-0.2, 0) is 6.42 Å². The van der Waals surface area contributed by atoms with Crippen LogP contribution in [0.5, 0.6) is 0 Å². The van der Waals surface area contributed by atoms with Crippen molar-refractivity contribution in [1.82, 2.24) is 10.2 Å². The van der Waals surface area contributed by atoms with Gasteiger partial charge in [-0.3, -0.25) is 0 Å². The molecule has 152 valence electrons. The van der Waals surface area contributed by atoms with Gasteiger partial charge < -0.3 is 9.73 Å². The van der Waals surface area contributed by atoms with Crippen molar-refractivity contribution in [3.63, 3.8) is 0 Å². The number of benzene rings is 3. The van der Waals surface area contributed by atoms with Crippen LogP contribution in [0.2, 0.25) is 5.02 Å². The third-order valence-electron chi connectivity index (χ3n) is 4.71. The lowest BCUT2D eigenvalue weighted by atomic mass is 10.1. The van der Waals surface area contributed by atoms with Crippen molar-refractivity contribution in [2.75, 3.05) is 5.32 Å². The maximum absolute atomic E-state index is 13.6. The molecule has 1 atom stereocenters. The molecule has 0 unspecified atom stereocenters. The minimum absolute atomic E-state index is 0.177. The summed E-state index contributed by atoms with van der Waals surface area (Å²) in [5.41, 5.74) is 3.04. The number of aromatic nitrogens is 2. The summed E-state index contributed by atoms with van der Waals surface area (Å²) >= 11 is 6.31. The van der Waals surface area contributed by atoms with Crippen molar-refractivity contribution < 1.29 is 13.2 Å². The molecule has 0 amide bonds. The Morgan fingerprint density at radius 3 is 2.43 bits per heavy atom. The van der Waals surface area contributed by atoms with Crippen molar-refractivity contribution in [2.24, 2.45) is 0 Å². The Morgan fingerprint density at radius 2 is 1.73 bits per heavy atom. The molecule has 0 saturated carbocycles. The lowest BCUT2D eigenvalue weighted by Gasteiger charge is -2.18. The molecule has 30 heavy (non-hydrogen) atoms. The van der Waals surface area contributed by atoms with E-state index in [9.17, 15) is 8.78 Å². The van der Waals surface area contributed by atoms with Crippen LogP contribution < -0.4 is 5.32 Å². The van der Waals surface area contributed by atoms with Crippen LogP contribution in [-0.4, -0.2) is 10.2 Å². The summed E-state index contributed by atoms with van der Waals surface area (Å²) in [5.74, 6) is -0.446. The van der Waals surface area contributed by atoms with Gasteiger partial charge >= 0.3 is 0 Å². The van der Waals surface area contributed by atoms with Crippen molar-refractivity contribution >= 4 is 17.3 Å². The highest BCUT2D eigenvalue weighted by Crippen LogP contribution is 2.33. The first-order chi connectivity index (χ1) is 14.5. The number of hydrogen-bond acceptors (Lipinski definition) is 4. The van der Waals surface area contributed by atoms with Gasteiger partial charge in [0, 0.05) is 21.8 Å². The van der Waals surface area contributed by atoms with Gasteiger partial charge in [0.15, 0.2) is 0 Å². The Hall–Kier alpha value is -3.25. The standard InChI is InChI=1S/C23H18ClF2N3O/c1-2-14-6-9-18(10-7-14)27-21(19-11-8-17(26)13-20(19)24)23-29-28-22(30-23)15-4-3-5-16(25)12-15/h3-13,21,27H,2H2,1H3/t21-/m0/s1. The van der Waals surface area contributed by atoms with Gasteiger partial charge in [0.1, 0.15) is 17.7 Å². The van der Waals surface area contributed by atoms with Crippen LogP contribution in [0, 0.1) is 11.6 Å². The molecule has 4 rings (SSSR count). The third-order valence-corrected chi connectivity index (χ3v) is 5.03. The molecule has 3 aromatic carbocycles. The molecule has 0 aliphatic carbocycles. The largest absolute Gasteiger partial charge is 0.418 e. The molecular weight excluding hydrogens is 408 g/mol. The Bertz CT molecular complexity index is 1160. The molecule has 1 aromatic heterocycles. The second-order valence-electron chi connectivity index (χ2n) is 6.75. The van der Waals surface area contributed by atoms with E-state index in [0.717, 1.165) is 12.1 Å².